The summed E-state index contributed by atoms with van der Waals surface area (Å²) in [6, 6.07) is 4.88. The smallest absolute Gasteiger partial charge is 0.329 e. The van der Waals surface area contributed by atoms with E-state index in [-0.39, 0.29) is 5.56 Å². The lowest BCUT2D eigenvalue weighted by Crippen LogP contribution is -2.56. The van der Waals surface area contributed by atoms with Gasteiger partial charge in [-0.2, -0.15) is 0 Å². The number of hydrogen-bond acceptors (Lipinski definition) is 4. The summed E-state index contributed by atoms with van der Waals surface area (Å²) in [6.45, 7) is 2.11. The first-order valence-corrected chi connectivity index (χ1v) is 8.23. The van der Waals surface area contributed by atoms with E-state index < -0.39 is 17.4 Å². The van der Waals surface area contributed by atoms with Crippen LogP contribution in [0.3, 0.4) is 0 Å². The number of benzene rings is 1. The normalized spacial score (nSPS) is 23.4. The van der Waals surface area contributed by atoms with Crippen molar-refractivity contribution in [1.82, 2.24) is 5.32 Å². The van der Waals surface area contributed by atoms with E-state index in [0.717, 1.165) is 19.3 Å². The number of amides is 1. The van der Waals surface area contributed by atoms with Gasteiger partial charge in [-0.05, 0) is 49.8 Å². The predicted molar refractivity (Wildman–Crippen MR) is 89.6 cm³/mol. The topological polar surface area (TPSA) is 84.9 Å². The standard InChI is InChI=1S/C18H25NO5/c1-4-12-7-9-18(10-8-12,17(21)22)19-16(20)14-11-13(23-2)5-6-15(14)24-3/h5-6,11-12H,4,7-10H2,1-3H3,(H,19,20)(H,21,22). The van der Waals surface area contributed by atoms with Crippen LogP contribution in [-0.2, 0) is 4.79 Å². The van der Waals surface area contributed by atoms with Gasteiger partial charge in [-0.25, -0.2) is 4.79 Å². The molecule has 2 rings (SSSR count). The summed E-state index contributed by atoms with van der Waals surface area (Å²) in [5.41, 5.74) is -0.938. The number of nitrogens with one attached hydrogen (secondary N) is 1. The Bertz CT molecular complexity index is 605. The highest BCUT2D eigenvalue weighted by atomic mass is 16.5. The SMILES string of the molecule is CCC1CCC(NC(=O)c2cc(OC)ccc2OC)(C(=O)O)CC1. The van der Waals surface area contributed by atoms with Crippen LogP contribution < -0.4 is 14.8 Å². The van der Waals surface area contributed by atoms with Crippen LogP contribution in [0.5, 0.6) is 11.5 Å². The van der Waals surface area contributed by atoms with Gasteiger partial charge in [-0.3, -0.25) is 4.79 Å². The molecule has 1 aliphatic carbocycles. The Morgan fingerprint density at radius 3 is 2.42 bits per heavy atom. The van der Waals surface area contributed by atoms with Gasteiger partial charge in [-0.15, -0.1) is 0 Å². The van der Waals surface area contributed by atoms with E-state index in [9.17, 15) is 14.7 Å². The van der Waals surface area contributed by atoms with Crippen LogP contribution in [0, 0.1) is 5.92 Å². The molecule has 1 aromatic rings. The first-order chi connectivity index (χ1) is 11.5. The fraction of sp³-hybridized carbons (Fsp3) is 0.556. The molecule has 2 N–H and O–H groups in total. The van der Waals surface area contributed by atoms with Crippen molar-refractivity contribution in [3.8, 4) is 11.5 Å². The zero-order valence-corrected chi connectivity index (χ0v) is 14.4. The number of rotatable bonds is 6. The van der Waals surface area contributed by atoms with E-state index >= 15 is 0 Å². The maximum atomic E-state index is 12.7. The Kier molecular flexibility index (Phi) is 5.70. The minimum absolute atomic E-state index is 0.273. The van der Waals surface area contributed by atoms with Crippen molar-refractivity contribution in [1.29, 1.82) is 0 Å². The van der Waals surface area contributed by atoms with E-state index in [1.165, 1.54) is 14.2 Å². The third kappa shape index (κ3) is 3.63. The van der Waals surface area contributed by atoms with Crippen LogP contribution in [0.25, 0.3) is 0 Å². The molecule has 0 aliphatic heterocycles. The molecule has 6 heteroatoms. The predicted octanol–water partition coefficient (Wildman–Crippen LogP) is 2.86. The molecule has 1 amide bonds. The third-order valence-electron chi connectivity index (χ3n) is 4.95. The number of ether oxygens (including phenoxy) is 2. The molecule has 1 aliphatic rings. The van der Waals surface area contributed by atoms with Crippen molar-refractivity contribution in [2.45, 2.75) is 44.6 Å². The molecule has 6 nitrogen and oxygen atoms in total. The fourth-order valence-electron chi connectivity index (χ4n) is 3.25. The summed E-state index contributed by atoms with van der Waals surface area (Å²) in [5, 5.41) is 12.4. The van der Waals surface area contributed by atoms with Crippen molar-refractivity contribution in [2.24, 2.45) is 5.92 Å². The van der Waals surface area contributed by atoms with Gasteiger partial charge in [0.05, 0.1) is 19.8 Å². The average molecular weight is 335 g/mol. The van der Waals surface area contributed by atoms with E-state index in [1.807, 2.05) is 0 Å². The highest BCUT2D eigenvalue weighted by Gasteiger charge is 2.43. The van der Waals surface area contributed by atoms with Crippen LogP contribution in [-0.4, -0.2) is 36.7 Å². The summed E-state index contributed by atoms with van der Waals surface area (Å²) < 4.78 is 10.4. The molecule has 0 atom stereocenters. The summed E-state index contributed by atoms with van der Waals surface area (Å²) in [4.78, 5) is 24.6. The van der Waals surface area contributed by atoms with Crippen LogP contribution in [0.4, 0.5) is 0 Å². The first kappa shape index (κ1) is 18.1. The second-order valence-corrected chi connectivity index (χ2v) is 6.26. The van der Waals surface area contributed by atoms with E-state index in [4.69, 9.17) is 9.47 Å². The average Bonchev–Trinajstić information content (AvgIpc) is 2.61. The molecule has 24 heavy (non-hydrogen) atoms. The van der Waals surface area contributed by atoms with Crippen LogP contribution >= 0.6 is 0 Å². The molecule has 0 saturated heterocycles. The van der Waals surface area contributed by atoms with Gasteiger partial charge in [-0.1, -0.05) is 13.3 Å². The summed E-state index contributed by atoms with van der Waals surface area (Å²) in [6.07, 6.45) is 3.53. The summed E-state index contributed by atoms with van der Waals surface area (Å²) in [5.74, 6) is -0.00723. The molecular formula is C18H25NO5. The van der Waals surface area contributed by atoms with Crippen molar-refractivity contribution < 1.29 is 24.2 Å². The quantitative estimate of drug-likeness (QED) is 0.835. The van der Waals surface area contributed by atoms with Gasteiger partial charge in [0.2, 0.25) is 0 Å². The Hall–Kier alpha value is -2.24. The molecule has 1 aromatic carbocycles. The maximum Gasteiger partial charge on any atom is 0.329 e. The number of carbonyl (C=O) groups excluding carboxylic acids is 1. The Balaban J connectivity index is 2.24. The molecule has 132 valence electrons. The molecular weight excluding hydrogens is 310 g/mol. The summed E-state index contributed by atoms with van der Waals surface area (Å²) in [7, 11) is 2.98. The van der Waals surface area contributed by atoms with Gasteiger partial charge in [0.25, 0.3) is 5.91 Å². The number of carbonyl (C=O) groups is 2. The second kappa shape index (κ2) is 7.55. The van der Waals surface area contributed by atoms with Crippen LogP contribution in [0.1, 0.15) is 49.4 Å². The zero-order valence-electron chi connectivity index (χ0n) is 14.4. The van der Waals surface area contributed by atoms with Gasteiger partial charge in [0.15, 0.2) is 0 Å². The highest BCUT2D eigenvalue weighted by Crippen LogP contribution is 2.35. The molecule has 0 bridgehead atoms. The molecule has 0 heterocycles. The van der Waals surface area contributed by atoms with Gasteiger partial charge >= 0.3 is 5.97 Å². The van der Waals surface area contributed by atoms with Crippen LogP contribution in [0.15, 0.2) is 18.2 Å². The lowest BCUT2D eigenvalue weighted by molar-refractivity contribution is -0.146. The number of carboxylic acids is 1. The second-order valence-electron chi connectivity index (χ2n) is 6.26. The van der Waals surface area contributed by atoms with Gasteiger partial charge in [0.1, 0.15) is 17.0 Å². The molecule has 0 radical (unpaired) electrons. The minimum Gasteiger partial charge on any atom is -0.497 e. The number of hydrogen-bond donors (Lipinski definition) is 2. The Labute approximate surface area is 142 Å². The van der Waals surface area contributed by atoms with Gasteiger partial charge in [0, 0.05) is 0 Å². The van der Waals surface area contributed by atoms with Crippen molar-refractivity contribution >= 4 is 11.9 Å². The lowest BCUT2D eigenvalue weighted by atomic mass is 9.75. The Morgan fingerprint density at radius 2 is 1.92 bits per heavy atom. The Morgan fingerprint density at radius 1 is 1.25 bits per heavy atom. The van der Waals surface area contributed by atoms with Crippen LogP contribution in [0.2, 0.25) is 0 Å². The first-order valence-electron chi connectivity index (χ1n) is 8.23. The third-order valence-corrected chi connectivity index (χ3v) is 4.95. The fourth-order valence-corrected chi connectivity index (χ4v) is 3.25. The minimum atomic E-state index is -1.21. The molecule has 0 spiro atoms. The van der Waals surface area contributed by atoms with E-state index in [2.05, 4.69) is 12.2 Å². The monoisotopic (exact) mass is 335 g/mol. The number of carboxylic acid groups (broad SMARTS) is 1. The molecule has 1 saturated carbocycles. The van der Waals surface area contributed by atoms with Crippen molar-refractivity contribution in [3.63, 3.8) is 0 Å². The van der Waals surface area contributed by atoms with Crippen molar-refractivity contribution in [3.05, 3.63) is 23.8 Å². The molecule has 0 unspecified atom stereocenters. The lowest BCUT2D eigenvalue weighted by Gasteiger charge is -2.37. The molecule has 0 aromatic heterocycles. The largest absolute Gasteiger partial charge is 0.497 e. The number of aliphatic carboxylic acids is 1. The maximum absolute atomic E-state index is 12.7. The molecule has 1 fully saturated rings. The van der Waals surface area contributed by atoms with Crippen molar-refractivity contribution in [2.75, 3.05) is 14.2 Å². The summed E-state index contributed by atoms with van der Waals surface area (Å²) >= 11 is 0. The highest BCUT2D eigenvalue weighted by molar-refractivity contribution is 6.00. The van der Waals surface area contributed by atoms with E-state index in [1.54, 1.807) is 18.2 Å². The van der Waals surface area contributed by atoms with Gasteiger partial charge < -0.3 is 19.9 Å². The van der Waals surface area contributed by atoms with E-state index in [0.29, 0.717) is 30.3 Å². The number of methoxy groups -OCH3 is 2. The zero-order chi connectivity index (χ0) is 17.7.